The number of likely N-dealkylation sites (tertiary alicyclic amines) is 1. The van der Waals surface area contributed by atoms with Gasteiger partial charge in [0.1, 0.15) is 0 Å². The highest BCUT2D eigenvalue weighted by atomic mass is 16.4. The van der Waals surface area contributed by atoms with Gasteiger partial charge in [-0.1, -0.05) is 50.6 Å². The van der Waals surface area contributed by atoms with Crippen molar-refractivity contribution in [3.63, 3.8) is 0 Å². The molecular weight excluding hydrogens is 466 g/mol. The van der Waals surface area contributed by atoms with E-state index in [1.807, 2.05) is 35.2 Å². The van der Waals surface area contributed by atoms with Crippen molar-refractivity contribution in [2.45, 2.75) is 90.5 Å². The normalized spacial score (nSPS) is 25.0. The summed E-state index contributed by atoms with van der Waals surface area (Å²) < 4.78 is 0. The second-order valence-electron chi connectivity index (χ2n) is 11.2. The van der Waals surface area contributed by atoms with Crippen LogP contribution in [-0.2, 0) is 20.8 Å². The van der Waals surface area contributed by atoms with E-state index in [4.69, 9.17) is 0 Å². The maximum atomic E-state index is 13.3. The molecule has 4 atom stereocenters. The molecule has 2 saturated heterocycles. The number of carboxylic acids is 1. The highest BCUT2D eigenvalue weighted by Gasteiger charge is 2.39. The van der Waals surface area contributed by atoms with E-state index < -0.39 is 12.0 Å². The van der Waals surface area contributed by atoms with Gasteiger partial charge in [0, 0.05) is 38.0 Å². The first-order valence-corrected chi connectivity index (χ1v) is 14.4. The second-order valence-corrected chi connectivity index (χ2v) is 11.2. The molecule has 2 aliphatic rings. The molecule has 7 nitrogen and oxygen atoms in total. The largest absolute Gasteiger partial charge is 0.481 e. The Bertz CT molecular complexity index is 873. The minimum atomic E-state index is -0.928. The molecule has 206 valence electrons. The predicted octanol–water partition coefficient (Wildman–Crippen LogP) is 4.40. The number of nitrogens with one attached hydrogen (secondary N) is 2. The van der Waals surface area contributed by atoms with Gasteiger partial charge in [0.15, 0.2) is 0 Å². The molecule has 0 aliphatic carbocycles. The number of hydrogen-bond acceptors (Lipinski definition) is 4. The number of benzene rings is 1. The molecule has 0 spiro atoms. The number of carboxylic acid groups (broad SMARTS) is 1. The smallest absolute Gasteiger partial charge is 0.305 e. The molecule has 1 aromatic rings. The quantitative estimate of drug-likeness (QED) is 0.342. The average Bonchev–Trinajstić information content (AvgIpc) is 2.89. The first kappa shape index (κ1) is 29.2. The van der Waals surface area contributed by atoms with Crippen molar-refractivity contribution in [2.75, 3.05) is 26.2 Å². The van der Waals surface area contributed by atoms with Crippen LogP contribution in [0.15, 0.2) is 30.3 Å². The van der Waals surface area contributed by atoms with E-state index in [1.165, 1.54) is 12.8 Å². The van der Waals surface area contributed by atoms with Gasteiger partial charge in [0.2, 0.25) is 11.8 Å². The van der Waals surface area contributed by atoms with Gasteiger partial charge in [0.25, 0.3) is 0 Å². The van der Waals surface area contributed by atoms with Crippen molar-refractivity contribution in [3.8, 4) is 0 Å². The molecule has 7 heteroatoms. The fourth-order valence-corrected chi connectivity index (χ4v) is 6.57. The molecule has 1 aromatic carbocycles. The van der Waals surface area contributed by atoms with Gasteiger partial charge in [-0.05, 0) is 74.8 Å². The summed E-state index contributed by atoms with van der Waals surface area (Å²) in [6.45, 7) is 8.22. The molecular formula is C30H47N3O4. The fourth-order valence-electron chi connectivity index (χ4n) is 6.57. The van der Waals surface area contributed by atoms with E-state index in [2.05, 4.69) is 24.5 Å². The van der Waals surface area contributed by atoms with Gasteiger partial charge in [-0.25, -0.2) is 0 Å². The number of rotatable bonds is 14. The van der Waals surface area contributed by atoms with Crippen molar-refractivity contribution in [3.05, 3.63) is 35.9 Å². The summed E-state index contributed by atoms with van der Waals surface area (Å²) in [6.07, 6.45) is 8.67. The lowest BCUT2D eigenvalue weighted by Gasteiger charge is -2.45. The van der Waals surface area contributed by atoms with Gasteiger partial charge in [-0.2, -0.15) is 0 Å². The van der Waals surface area contributed by atoms with Crippen LogP contribution in [-0.4, -0.2) is 60.0 Å². The van der Waals surface area contributed by atoms with Gasteiger partial charge in [0.05, 0.1) is 6.42 Å². The highest BCUT2D eigenvalue weighted by Crippen LogP contribution is 2.42. The molecule has 3 rings (SSSR count). The van der Waals surface area contributed by atoms with E-state index in [0.29, 0.717) is 24.2 Å². The van der Waals surface area contributed by atoms with Gasteiger partial charge >= 0.3 is 5.97 Å². The molecule has 0 saturated carbocycles. The monoisotopic (exact) mass is 513 g/mol. The second kappa shape index (κ2) is 14.5. The SMILES string of the molecule is CCCC1(CC)CNCCC1CCN1CCCC(CC(=O)NC(CCc2ccccc2)CC(=O)O)C1=O. The lowest BCUT2D eigenvalue weighted by atomic mass is 9.66. The van der Waals surface area contributed by atoms with E-state index in [0.717, 1.165) is 63.8 Å². The predicted molar refractivity (Wildman–Crippen MR) is 146 cm³/mol. The summed E-state index contributed by atoms with van der Waals surface area (Å²) in [6, 6.07) is 9.43. The van der Waals surface area contributed by atoms with Crippen LogP contribution >= 0.6 is 0 Å². The molecule has 2 heterocycles. The van der Waals surface area contributed by atoms with Crippen LogP contribution in [0.4, 0.5) is 0 Å². The van der Waals surface area contributed by atoms with Crippen molar-refractivity contribution in [1.82, 2.24) is 15.5 Å². The number of nitrogens with zero attached hydrogens (tertiary/aromatic N) is 1. The van der Waals surface area contributed by atoms with Gasteiger partial charge in [-0.3, -0.25) is 14.4 Å². The Hall–Kier alpha value is -2.41. The molecule has 2 aliphatic heterocycles. The lowest BCUT2D eigenvalue weighted by molar-refractivity contribution is -0.142. The number of aliphatic carboxylic acids is 1. The Morgan fingerprint density at radius 2 is 2.00 bits per heavy atom. The van der Waals surface area contributed by atoms with Crippen LogP contribution in [0.3, 0.4) is 0 Å². The molecule has 37 heavy (non-hydrogen) atoms. The third-order valence-corrected chi connectivity index (χ3v) is 8.70. The topological polar surface area (TPSA) is 98.7 Å². The van der Waals surface area contributed by atoms with Crippen LogP contribution < -0.4 is 10.6 Å². The van der Waals surface area contributed by atoms with Gasteiger partial charge < -0.3 is 20.6 Å². The van der Waals surface area contributed by atoms with E-state index in [-0.39, 0.29) is 30.6 Å². The molecule has 0 aromatic heterocycles. The van der Waals surface area contributed by atoms with Crippen molar-refractivity contribution < 1.29 is 19.5 Å². The fraction of sp³-hybridized carbons (Fsp3) is 0.700. The number of piperidine rings is 2. The summed E-state index contributed by atoms with van der Waals surface area (Å²) >= 11 is 0. The summed E-state index contributed by atoms with van der Waals surface area (Å²) in [4.78, 5) is 39.6. The Kier molecular flexibility index (Phi) is 11.4. The minimum Gasteiger partial charge on any atom is -0.481 e. The average molecular weight is 514 g/mol. The standard InChI is InChI=1S/C30H47N3O4/c1-3-16-30(4-2)22-31-17-14-25(30)15-19-33-18-8-11-24(29(33)37)20-27(34)32-26(21-28(35)36)13-12-23-9-6-5-7-10-23/h5-7,9-10,24-26,31H,3-4,8,11-22H2,1-2H3,(H,32,34)(H,35,36). The molecule has 4 unspecified atom stereocenters. The van der Waals surface area contributed by atoms with Crippen LogP contribution in [0.5, 0.6) is 0 Å². The molecule has 2 fully saturated rings. The van der Waals surface area contributed by atoms with E-state index in [1.54, 1.807) is 0 Å². The molecule has 0 bridgehead atoms. The summed E-state index contributed by atoms with van der Waals surface area (Å²) in [5.74, 6) is -0.746. The summed E-state index contributed by atoms with van der Waals surface area (Å²) in [5, 5.41) is 15.9. The third kappa shape index (κ3) is 8.56. The molecule has 0 radical (unpaired) electrons. The number of hydrogen-bond donors (Lipinski definition) is 3. The van der Waals surface area contributed by atoms with Gasteiger partial charge in [-0.15, -0.1) is 0 Å². The highest BCUT2D eigenvalue weighted by molar-refractivity contribution is 5.86. The first-order valence-electron chi connectivity index (χ1n) is 14.4. The van der Waals surface area contributed by atoms with Crippen LogP contribution in [0.1, 0.15) is 83.6 Å². The third-order valence-electron chi connectivity index (χ3n) is 8.70. The molecule has 2 amide bonds. The van der Waals surface area contributed by atoms with Crippen molar-refractivity contribution in [2.24, 2.45) is 17.3 Å². The zero-order valence-electron chi connectivity index (χ0n) is 22.8. The summed E-state index contributed by atoms with van der Waals surface area (Å²) in [5.41, 5.74) is 1.44. The van der Waals surface area contributed by atoms with Crippen molar-refractivity contribution in [1.29, 1.82) is 0 Å². The van der Waals surface area contributed by atoms with Crippen LogP contribution in [0, 0.1) is 17.3 Å². The Labute approximate surface area is 222 Å². The van der Waals surface area contributed by atoms with Crippen LogP contribution in [0.2, 0.25) is 0 Å². The number of aryl methyl sites for hydroxylation is 1. The Morgan fingerprint density at radius 1 is 1.22 bits per heavy atom. The van der Waals surface area contributed by atoms with Crippen molar-refractivity contribution >= 4 is 17.8 Å². The number of carbonyl (C=O) groups excluding carboxylic acids is 2. The van der Waals surface area contributed by atoms with Crippen LogP contribution in [0.25, 0.3) is 0 Å². The molecule has 3 N–H and O–H groups in total. The minimum absolute atomic E-state index is 0.0898. The lowest BCUT2D eigenvalue weighted by Crippen LogP contribution is -2.49. The number of carbonyl (C=O) groups is 3. The Balaban J connectivity index is 1.52. The first-order chi connectivity index (χ1) is 17.9. The maximum Gasteiger partial charge on any atom is 0.305 e. The number of amides is 2. The zero-order valence-corrected chi connectivity index (χ0v) is 22.8. The zero-order chi connectivity index (χ0) is 26.7. The summed E-state index contributed by atoms with van der Waals surface area (Å²) in [7, 11) is 0. The maximum absolute atomic E-state index is 13.3. The van der Waals surface area contributed by atoms with E-state index in [9.17, 15) is 19.5 Å². The van der Waals surface area contributed by atoms with E-state index >= 15 is 0 Å². The Morgan fingerprint density at radius 3 is 2.70 bits per heavy atom.